The molecular formula is C19H22FN3O2. The van der Waals surface area contributed by atoms with E-state index in [2.05, 4.69) is 15.2 Å². The fourth-order valence-corrected chi connectivity index (χ4v) is 2.90. The fourth-order valence-electron chi connectivity index (χ4n) is 2.90. The summed E-state index contributed by atoms with van der Waals surface area (Å²) in [7, 11) is 0. The standard InChI is InChI=1S/C19H22FN3O2/c1-2-16(25-17-10-4-3-8-14(17)20)19(24)22-15-9-7-11-21-18(15)23-12-5-6-13-23/h3-4,7-11,16H,2,5-6,12-13H2,1H3,(H,22,24)/t16-/m1/s1. The van der Waals surface area contributed by atoms with E-state index in [9.17, 15) is 9.18 Å². The van der Waals surface area contributed by atoms with Crippen molar-refractivity contribution in [3.63, 3.8) is 0 Å². The maximum atomic E-state index is 13.8. The molecule has 0 saturated carbocycles. The van der Waals surface area contributed by atoms with Gasteiger partial charge in [0.15, 0.2) is 23.5 Å². The van der Waals surface area contributed by atoms with Gasteiger partial charge in [0.25, 0.3) is 5.91 Å². The summed E-state index contributed by atoms with van der Waals surface area (Å²) in [4.78, 5) is 19.2. The molecule has 1 N–H and O–H groups in total. The first-order valence-electron chi connectivity index (χ1n) is 8.61. The van der Waals surface area contributed by atoms with Crippen LogP contribution in [-0.2, 0) is 4.79 Å². The Balaban J connectivity index is 1.73. The molecule has 2 heterocycles. The second kappa shape index (κ2) is 7.96. The lowest BCUT2D eigenvalue weighted by Crippen LogP contribution is -2.33. The zero-order chi connectivity index (χ0) is 17.6. The van der Waals surface area contributed by atoms with E-state index < -0.39 is 11.9 Å². The van der Waals surface area contributed by atoms with Crippen LogP contribution in [0, 0.1) is 5.82 Å². The average Bonchev–Trinajstić information content (AvgIpc) is 3.16. The molecule has 0 bridgehead atoms. The summed E-state index contributed by atoms with van der Waals surface area (Å²) in [5.74, 6) is 0.0663. The van der Waals surface area contributed by atoms with Gasteiger partial charge in [0, 0.05) is 19.3 Å². The van der Waals surface area contributed by atoms with Crippen LogP contribution in [0.2, 0.25) is 0 Å². The van der Waals surface area contributed by atoms with Gasteiger partial charge in [-0.3, -0.25) is 4.79 Å². The Hall–Kier alpha value is -2.63. The van der Waals surface area contributed by atoms with Crippen molar-refractivity contribution in [1.82, 2.24) is 4.98 Å². The van der Waals surface area contributed by atoms with Crippen LogP contribution < -0.4 is 15.0 Å². The van der Waals surface area contributed by atoms with Gasteiger partial charge in [0.05, 0.1) is 5.69 Å². The highest BCUT2D eigenvalue weighted by Gasteiger charge is 2.23. The highest BCUT2D eigenvalue weighted by Crippen LogP contribution is 2.27. The molecular weight excluding hydrogens is 321 g/mol. The predicted octanol–water partition coefficient (Wildman–Crippen LogP) is 3.62. The fraction of sp³-hybridized carbons (Fsp3) is 0.368. The van der Waals surface area contributed by atoms with Crippen LogP contribution in [0.5, 0.6) is 5.75 Å². The van der Waals surface area contributed by atoms with Gasteiger partial charge >= 0.3 is 0 Å². The molecule has 1 atom stereocenters. The number of carbonyl (C=O) groups is 1. The van der Waals surface area contributed by atoms with Gasteiger partial charge < -0.3 is 15.0 Å². The molecule has 1 fully saturated rings. The summed E-state index contributed by atoms with van der Waals surface area (Å²) < 4.78 is 19.3. The number of benzene rings is 1. The number of halogens is 1. The topological polar surface area (TPSA) is 54.5 Å². The zero-order valence-corrected chi connectivity index (χ0v) is 14.2. The van der Waals surface area contributed by atoms with Gasteiger partial charge in [-0.15, -0.1) is 0 Å². The van der Waals surface area contributed by atoms with Gasteiger partial charge in [-0.25, -0.2) is 9.37 Å². The number of hydrogen-bond acceptors (Lipinski definition) is 4. The highest BCUT2D eigenvalue weighted by atomic mass is 19.1. The Labute approximate surface area is 146 Å². The minimum atomic E-state index is -0.775. The third kappa shape index (κ3) is 4.07. The SMILES string of the molecule is CC[C@@H](Oc1ccccc1F)C(=O)Nc1cccnc1N1CCCC1. The van der Waals surface area contributed by atoms with Gasteiger partial charge in [-0.1, -0.05) is 19.1 Å². The van der Waals surface area contributed by atoms with E-state index in [-0.39, 0.29) is 11.7 Å². The molecule has 5 nitrogen and oxygen atoms in total. The zero-order valence-electron chi connectivity index (χ0n) is 14.2. The Morgan fingerprint density at radius 1 is 1.28 bits per heavy atom. The van der Waals surface area contributed by atoms with E-state index >= 15 is 0 Å². The lowest BCUT2D eigenvalue weighted by Gasteiger charge is -2.22. The molecule has 1 saturated heterocycles. The Morgan fingerprint density at radius 3 is 2.76 bits per heavy atom. The number of anilines is 2. The molecule has 1 aliphatic heterocycles. The number of amides is 1. The maximum Gasteiger partial charge on any atom is 0.265 e. The van der Waals surface area contributed by atoms with Gasteiger partial charge in [0.2, 0.25) is 0 Å². The predicted molar refractivity (Wildman–Crippen MR) is 95.4 cm³/mol. The van der Waals surface area contributed by atoms with Crippen LogP contribution in [0.4, 0.5) is 15.9 Å². The van der Waals surface area contributed by atoms with Gasteiger partial charge in [0.1, 0.15) is 0 Å². The molecule has 3 rings (SSSR count). The summed E-state index contributed by atoms with van der Waals surface area (Å²) in [5, 5.41) is 2.89. The second-order valence-electron chi connectivity index (χ2n) is 6.00. The normalized spacial score (nSPS) is 15.0. The molecule has 1 aromatic carbocycles. The van der Waals surface area contributed by atoms with E-state index in [1.165, 1.54) is 12.1 Å². The first-order chi connectivity index (χ1) is 12.2. The molecule has 6 heteroatoms. The van der Waals surface area contributed by atoms with Crippen molar-refractivity contribution in [3.8, 4) is 5.75 Å². The molecule has 0 spiro atoms. The van der Waals surface area contributed by atoms with Crippen LogP contribution in [0.15, 0.2) is 42.6 Å². The van der Waals surface area contributed by atoms with Crippen molar-refractivity contribution >= 4 is 17.4 Å². The number of pyridine rings is 1. The second-order valence-corrected chi connectivity index (χ2v) is 6.00. The lowest BCUT2D eigenvalue weighted by atomic mass is 10.2. The highest BCUT2D eigenvalue weighted by molar-refractivity contribution is 5.96. The monoisotopic (exact) mass is 343 g/mol. The third-order valence-corrected chi connectivity index (χ3v) is 4.22. The van der Waals surface area contributed by atoms with Crippen molar-refractivity contribution in [2.45, 2.75) is 32.3 Å². The Bertz CT molecular complexity index is 732. The minimum absolute atomic E-state index is 0.0791. The Morgan fingerprint density at radius 2 is 2.04 bits per heavy atom. The molecule has 0 unspecified atom stereocenters. The van der Waals surface area contributed by atoms with Crippen LogP contribution in [0.1, 0.15) is 26.2 Å². The van der Waals surface area contributed by atoms with Crippen molar-refractivity contribution in [1.29, 1.82) is 0 Å². The molecule has 0 radical (unpaired) electrons. The summed E-state index contributed by atoms with van der Waals surface area (Å²) in [6, 6.07) is 9.70. The number of nitrogens with one attached hydrogen (secondary N) is 1. The van der Waals surface area contributed by atoms with Crippen molar-refractivity contribution in [2.24, 2.45) is 0 Å². The molecule has 25 heavy (non-hydrogen) atoms. The number of nitrogens with zero attached hydrogens (tertiary/aromatic N) is 2. The first-order valence-corrected chi connectivity index (χ1v) is 8.61. The summed E-state index contributed by atoms with van der Waals surface area (Å²) >= 11 is 0. The average molecular weight is 343 g/mol. The molecule has 0 aliphatic carbocycles. The van der Waals surface area contributed by atoms with Crippen LogP contribution in [-0.4, -0.2) is 30.1 Å². The summed E-state index contributed by atoms with van der Waals surface area (Å²) in [6.07, 6.45) is 3.62. The van der Waals surface area contributed by atoms with Crippen molar-refractivity contribution in [3.05, 3.63) is 48.4 Å². The van der Waals surface area contributed by atoms with Gasteiger partial charge in [-0.2, -0.15) is 0 Å². The number of ether oxygens (including phenoxy) is 1. The summed E-state index contributed by atoms with van der Waals surface area (Å²) in [5.41, 5.74) is 0.657. The molecule has 2 aromatic rings. The molecule has 1 aromatic heterocycles. The molecule has 1 amide bonds. The smallest absolute Gasteiger partial charge is 0.265 e. The van der Waals surface area contributed by atoms with E-state index in [1.807, 2.05) is 13.0 Å². The van der Waals surface area contributed by atoms with Crippen molar-refractivity contribution in [2.75, 3.05) is 23.3 Å². The maximum absolute atomic E-state index is 13.8. The van der Waals surface area contributed by atoms with Gasteiger partial charge in [-0.05, 0) is 43.5 Å². The van der Waals surface area contributed by atoms with E-state index in [0.29, 0.717) is 12.1 Å². The largest absolute Gasteiger partial charge is 0.478 e. The number of hydrogen-bond donors (Lipinski definition) is 1. The Kier molecular flexibility index (Phi) is 5.48. The third-order valence-electron chi connectivity index (χ3n) is 4.22. The number of para-hydroxylation sites is 1. The molecule has 132 valence electrons. The van der Waals surface area contributed by atoms with Crippen LogP contribution >= 0.6 is 0 Å². The number of aromatic nitrogens is 1. The molecule has 1 aliphatic rings. The van der Waals surface area contributed by atoms with E-state index in [0.717, 1.165) is 31.7 Å². The van der Waals surface area contributed by atoms with Crippen LogP contribution in [0.3, 0.4) is 0 Å². The minimum Gasteiger partial charge on any atom is -0.478 e. The quantitative estimate of drug-likeness (QED) is 0.870. The van der Waals surface area contributed by atoms with Crippen LogP contribution in [0.25, 0.3) is 0 Å². The number of rotatable bonds is 6. The lowest BCUT2D eigenvalue weighted by molar-refractivity contribution is -0.122. The number of carbonyl (C=O) groups excluding carboxylic acids is 1. The van der Waals surface area contributed by atoms with Crippen molar-refractivity contribution < 1.29 is 13.9 Å². The summed E-state index contributed by atoms with van der Waals surface area (Å²) in [6.45, 7) is 3.70. The van der Waals surface area contributed by atoms with E-state index in [4.69, 9.17) is 4.74 Å². The van der Waals surface area contributed by atoms with E-state index in [1.54, 1.807) is 24.4 Å². The first kappa shape index (κ1) is 17.2.